The van der Waals surface area contributed by atoms with Crippen molar-refractivity contribution in [3.8, 4) is 0 Å². The van der Waals surface area contributed by atoms with E-state index in [9.17, 15) is 9.59 Å². The molecule has 1 heterocycles. The van der Waals surface area contributed by atoms with E-state index in [1.54, 1.807) is 0 Å². The Morgan fingerprint density at radius 1 is 0.917 bits per heavy atom. The van der Waals surface area contributed by atoms with Gasteiger partial charge in [-0.2, -0.15) is 0 Å². The molecule has 0 aromatic carbocycles. The predicted molar refractivity (Wildman–Crippen MR) is 92.3 cm³/mol. The Kier molecular flexibility index (Phi) is 5.48. The molecule has 2 amide bonds. The van der Waals surface area contributed by atoms with E-state index in [1.807, 2.05) is 13.8 Å². The van der Waals surface area contributed by atoms with Crippen molar-refractivity contribution in [1.82, 2.24) is 10.6 Å². The molecule has 0 aromatic heterocycles. The van der Waals surface area contributed by atoms with E-state index in [2.05, 4.69) is 10.6 Å². The summed E-state index contributed by atoms with van der Waals surface area (Å²) in [4.78, 5) is 24.6. The minimum absolute atomic E-state index is 0.0594. The predicted octanol–water partition coefficient (Wildman–Crippen LogP) is 2.11. The average Bonchev–Trinajstić information content (AvgIpc) is 3.49. The van der Waals surface area contributed by atoms with Gasteiger partial charge in [-0.3, -0.25) is 9.59 Å². The molecule has 3 rings (SSSR count). The summed E-state index contributed by atoms with van der Waals surface area (Å²) in [5.74, 6) is 1.73. The zero-order valence-electron chi connectivity index (χ0n) is 15.1. The molecule has 5 nitrogen and oxygen atoms in total. The number of carbonyl (C=O) groups excluding carboxylic acids is 2. The summed E-state index contributed by atoms with van der Waals surface area (Å²) in [6.07, 6.45) is 6.52. The van der Waals surface area contributed by atoms with Crippen LogP contribution >= 0.6 is 0 Å². The lowest BCUT2D eigenvalue weighted by Gasteiger charge is -2.38. The Balaban J connectivity index is 1.51. The summed E-state index contributed by atoms with van der Waals surface area (Å²) < 4.78 is 5.50. The van der Waals surface area contributed by atoms with Crippen LogP contribution in [0.4, 0.5) is 0 Å². The van der Waals surface area contributed by atoms with Crippen molar-refractivity contribution in [3.05, 3.63) is 0 Å². The molecule has 2 aliphatic carbocycles. The van der Waals surface area contributed by atoms with E-state index in [4.69, 9.17) is 4.74 Å². The fourth-order valence-electron chi connectivity index (χ4n) is 3.71. The quantitative estimate of drug-likeness (QED) is 0.713. The van der Waals surface area contributed by atoms with Crippen LogP contribution in [-0.2, 0) is 14.3 Å². The van der Waals surface area contributed by atoms with Crippen LogP contribution in [0.1, 0.15) is 52.4 Å². The third kappa shape index (κ3) is 4.50. The molecule has 0 unspecified atom stereocenters. The number of hydrogen-bond acceptors (Lipinski definition) is 3. The summed E-state index contributed by atoms with van der Waals surface area (Å²) in [5.41, 5.74) is -0.0594. The molecular formula is C19H32N2O3. The highest BCUT2D eigenvalue weighted by molar-refractivity contribution is 5.79. The van der Waals surface area contributed by atoms with Gasteiger partial charge in [0.1, 0.15) is 0 Å². The summed E-state index contributed by atoms with van der Waals surface area (Å²) in [6.45, 7) is 6.77. The Morgan fingerprint density at radius 2 is 1.33 bits per heavy atom. The second-order valence-corrected chi connectivity index (χ2v) is 8.30. The lowest BCUT2D eigenvalue weighted by atomic mass is 9.79. The molecule has 0 aromatic rings. The first kappa shape index (κ1) is 17.7. The molecular weight excluding hydrogens is 304 g/mol. The Hall–Kier alpha value is -1.10. The van der Waals surface area contributed by atoms with E-state index in [1.165, 1.54) is 25.7 Å². The summed E-state index contributed by atoms with van der Waals surface area (Å²) in [6, 6.07) is 0. The van der Waals surface area contributed by atoms with Crippen molar-refractivity contribution >= 4 is 11.8 Å². The normalized spacial score (nSPS) is 25.6. The van der Waals surface area contributed by atoms with Crippen molar-refractivity contribution in [1.29, 1.82) is 0 Å². The number of amides is 2. The molecule has 5 heteroatoms. The third-order valence-electron chi connectivity index (χ3n) is 6.31. The highest BCUT2D eigenvalue weighted by Crippen LogP contribution is 2.38. The van der Waals surface area contributed by atoms with Gasteiger partial charge in [0.05, 0.1) is 0 Å². The van der Waals surface area contributed by atoms with Gasteiger partial charge in [0, 0.05) is 43.6 Å². The molecule has 2 atom stereocenters. The lowest BCUT2D eigenvalue weighted by Crippen LogP contribution is -2.50. The first-order valence-electron chi connectivity index (χ1n) is 9.64. The molecule has 24 heavy (non-hydrogen) atoms. The van der Waals surface area contributed by atoms with Gasteiger partial charge in [-0.05, 0) is 50.4 Å². The maximum absolute atomic E-state index is 12.3. The Morgan fingerprint density at radius 3 is 1.71 bits per heavy atom. The van der Waals surface area contributed by atoms with Crippen LogP contribution in [0.2, 0.25) is 0 Å². The average molecular weight is 336 g/mol. The van der Waals surface area contributed by atoms with Crippen LogP contribution in [0, 0.1) is 29.1 Å². The van der Waals surface area contributed by atoms with Gasteiger partial charge in [-0.1, -0.05) is 13.8 Å². The van der Waals surface area contributed by atoms with Crippen LogP contribution in [-0.4, -0.2) is 38.1 Å². The number of ether oxygens (including phenoxy) is 1. The zero-order valence-corrected chi connectivity index (χ0v) is 15.1. The van der Waals surface area contributed by atoms with Crippen LogP contribution < -0.4 is 10.6 Å². The number of nitrogens with one attached hydrogen (secondary N) is 2. The van der Waals surface area contributed by atoms with Crippen LogP contribution in [0.25, 0.3) is 0 Å². The minimum Gasteiger partial charge on any atom is -0.381 e. The fourth-order valence-corrected chi connectivity index (χ4v) is 3.71. The monoisotopic (exact) mass is 336 g/mol. The molecule has 2 saturated carbocycles. The fraction of sp³-hybridized carbons (Fsp3) is 0.895. The van der Waals surface area contributed by atoms with E-state index < -0.39 is 0 Å². The van der Waals surface area contributed by atoms with Gasteiger partial charge >= 0.3 is 0 Å². The van der Waals surface area contributed by atoms with Gasteiger partial charge in [0.2, 0.25) is 11.8 Å². The molecule has 0 radical (unpaired) electrons. The van der Waals surface area contributed by atoms with E-state index in [0.717, 1.165) is 12.8 Å². The maximum atomic E-state index is 12.3. The van der Waals surface area contributed by atoms with Gasteiger partial charge in [0.25, 0.3) is 0 Å². The van der Waals surface area contributed by atoms with E-state index in [-0.39, 0.29) is 29.1 Å². The SMILES string of the molecule is C[C@H](C(=O)NCC1(CNC(=O)[C@H](C)C2CC2)CCOCC1)C1CC1. The van der Waals surface area contributed by atoms with E-state index in [0.29, 0.717) is 38.1 Å². The highest BCUT2D eigenvalue weighted by Gasteiger charge is 2.38. The molecule has 0 spiro atoms. The minimum atomic E-state index is -0.0594. The van der Waals surface area contributed by atoms with Gasteiger partial charge in [-0.25, -0.2) is 0 Å². The van der Waals surface area contributed by atoms with E-state index >= 15 is 0 Å². The standard InChI is InChI=1S/C19H32N2O3/c1-13(15-3-4-15)17(22)20-11-19(7-9-24-10-8-19)12-21-18(23)14(2)16-5-6-16/h13-16H,3-12H2,1-2H3,(H,20,22)(H,21,23)/t13-,14+. The molecule has 2 N–H and O–H groups in total. The third-order valence-corrected chi connectivity index (χ3v) is 6.31. The lowest BCUT2D eigenvalue weighted by molar-refractivity contribution is -0.126. The molecule has 3 fully saturated rings. The zero-order chi connectivity index (χ0) is 17.2. The van der Waals surface area contributed by atoms with Gasteiger partial charge in [-0.15, -0.1) is 0 Å². The first-order valence-corrected chi connectivity index (χ1v) is 9.64. The molecule has 1 saturated heterocycles. The number of rotatable bonds is 8. The van der Waals surface area contributed by atoms with Crippen LogP contribution in [0.15, 0.2) is 0 Å². The van der Waals surface area contributed by atoms with Crippen LogP contribution in [0.5, 0.6) is 0 Å². The summed E-state index contributed by atoms with van der Waals surface area (Å²) in [7, 11) is 0. The van der Waals surface area contributed by atoms with Crippen molar-refractivity contribution in [2.75, 3.05) is 26.3 Å². The molecule has 0 bridgehead atoms. The molecule has 1 aliphatic heterocycles. The Bertz CT molecular complexity index is 429. The van der Waals surface area contributed by atoms with Gasteiger partial charge in [0.15, 0.2) is 0 Å². The smallest absolute Gasteiger partial charge is 0.223 e. The molecule has 3 aliphatic rings. The summed E-state index contributed by atoms with van der Waals surface area (Å²) >= 11 is 0. The number of carbonyl (C=O) groups is 2. The van der Waals surface area contributed by atoms with Crippen molar-refractivity contribution in [3.63, 3.8) is 0 Å². The summed E-state index contributed by atoms with van der Waals surface area (Å²) in [5, 5.41) is 6.31. The second kappa shape index (κ2) is 7.42. The van der Waals surface area contributed by atoms with Gasteiger partial charge < -0.3 is 15.4 Å². The second-order valence-electron chi connectivity index (χ2n) is 8.30. The Labute approximate surface area is 145 Å². The van der Waals surface area contributed by atoms with Crippen molar-refractivity contribution < 1.29 is 14.3 Å². The maximum Gasteiger partial charge on any atom is 0.223 e. The molecule has 136 valence electrons. The number of hydrogen-bond donors (Lipinski definition) is 2. The first-order chi connectivity index (χ1) is 11.5. The van der Waals surface area contributed by atoms with Crippen molar-refractivity contribution in [2.45, 2.75) is 52.4 Å². The highest BCUT2D eigenvalue weighted by atomic mass is 16.5. The topological polar surface area (TPSA) is 67.4 Å². The van der Waals surface area contributed by atoms with Crippen LogP contribution in [0.3, 0.4) is 0 Å². The van der Waals surface area contributed by atoms with Crippen molar-refractivity contribution in [2.24, 2.45) is 29.1 Å². The largest absolute Gasteiger partial charge is 0.381 e.